The van der Waals surface area contributed by atoms with Crippen LogP contribution in [-0.4, -0.2) is 54.2 Å². The summed E-state index contributed by atoms with van der Waals surface area (Å²) in [6.07, 6.45) is 3.28. The smallest absolute Gasteiger partial charge is 0.325 e. The Morgan fingerprint density at radius 1 is 1.50 bits per heavy atom. The van der Waals surface area contributed by atoms with Gasteiger partial charge in [-0.3, -0.25) is 14.6 Å². The van der Waals surface area contributed by atoms with Gasteiger partial charge in [-0.1, -0.05) is 11.8 Å². The summed E-state index contributed by atoms with van der Waals surface area (Å²) in [6.45, 7) is -0.181. The van der Waals surface area contributed by atoms with Crippen molar-refractivity contribution in [2.45, 2.75) is 6.42 Å². The van der Waals surface area contributed by atoms with Gasteiger partial charge in [-0.05, 0) is 6.07 Å². The molecule has 106 valence electrons. The number of hydrogen-bond acceptors (Lipinski definition) is 5. The number of pyridine rings is 1. The molecule has 20 heavy (non-hydrogen) atoms. The number of nitrogens with zero attached hydrogens (tertiary/aromatic N) is 2. The molecule has 1 amide bonds. The van der Waals surface area contributed by atoms with Gasteiger partial charge in [0.25, 0.3) is 5.91 Å². The topological polar surface area (TPSA) is 79.7 Å². The van der Waals surface area contributed by atoms with Gasteiger partial charge in [-0.15, -0.1) is 0 Å². The molecule has 6 nitrogen and oxygen atoms in total. The Kier molecular flexibility index (Phi) is 6.20. The minimum Gasteiger partial charge on any atom is -0.468 e. The summed E-state index contributed by atoms with van der Waals surface area (Å²) in [6, 6.07) is 1.54. The van der Waals surface area contributed by atoms with Crippen LogP contribution >= 0.6 is 0 Å². The first kappa shape index (κ1) is 15.7. The number of aliphatic hydroxyl groups excluding tert-OH is 1. The lowest BCUT2D eigenvalue weighted by Gasteiger charge is -2.16. The van der Waals surface area contributed by atoms with Crippen LogP contribution in [0.25, 0.3) is 0 Å². The van der Waals surface area contributed by atoms with E-state index in [1.54, 1.807) is 6.07 Å². The predicted molar refractivity (Wildman–Crippen MR) is 71.8 cm³/mol. The Bertz CT molecular complexity index is 546. The van der Waals surface area contributed by atoms with E-state index in [0.29, 0.717) is 17.5 Å². The molecule has 0 aliphatic rings. The van der Waals surface area contributed by atoms with Gasteiger partial charge in [-0.2, -0.15) is 0 Å². The molecule has 1 aromatic rings. The lowest BCUT2D eigenvalue weighted by atomic mass is 10.1. The maximum atomic E-state index is 12.2. The minimum atomic E-state index is -0.497. The second-order valence-electron chi connectivity index (χ2n) is 3.93. The van der Waals surface area contributed by atoms with Crippen molar-refractivity contribution < 1.29 is 19.4 Å². The fraction of sp³-hybridized carbons (Fsp3) is 0.357. The van der Waals surface area contributed by atoms with Crippen molar-refractivity contribution in [3.63, 3.8) is 0 Å². The summed E-state index contributed by atoms with van der Waals surface area (Å²) < 4.78 is 4.52. The summed E-state index contributed by atoms with van der Waals surface area (Å²) in [5.74, 6) is 4.68. The van der Waals surface area contributed by atoms with E-state index in [-0.39, 0.29) is 19.1 Å². The number of likely N-dealkylation sites (N-methyl/N-ethyl adjacent to an activating group) is 1. The van der Waals surface area contributed by atoms with E-state index in [4.69, 9.17) is 5.11 Å². The van der Waals surface area contributed by atoms with Gasteiger partial charge in [0, 0.05) is 25.9 Å². The zero-order valence-corrected chi connectivity index (χ0v) is 11.4. The third-order valence-electron chi connectivity index (χ3n) is 2.45. The molecule has 0 aromatic carbocycles. The van der Waals surface area contributed by atoms with Crippen molar-refractivity contribution in [3.8, 4) is 11.8 Å². The minimum absolute atomic E-state index is 0.0429. The van der Waals surface area contributed by atoms with Gasteiger partial charge in [0.05, 0.1) is 24.8 Å². The van der Waals surface area contributed by atoms with E-state index in [9.17, 15) is 9.59 Å². The van der Waals surface area contributed by atoms with Crippen LogP contribution in [0.5, 0.6) is 0 Å². The van der Waals surface area contributed by atoms with Gasteiger partial charge in [0.1, 0.15) is 6.54 Å². The van der Waals surface area contributed by atoms with Crippen LogP contribution in [0, 0.1) is 11.8 Å². The fourth-order valence-electron chi connectivity index (χ4n) is 1.43. The highest BCUT2D eigenvalue weighted by Crippen LogP contribution is 2.08. The molecule has 0 saturated heterocycles. The van der Waals surface area contributed by atoms with Gasteiger partial charge < -0.3 is 14.7 Å². The molecular weight excluding hydrogens is 260 g/mol. The molecule has 0 bridgehead atoms. The number of aromatic nitrogens is 1. The zero-order valence-electron chi connectivity index (χ0n) is 11.4. The van der Waals surface area contributed by atoms with E-state index >= 15 is 0 Å². The molecule has 0 unspecified atom stereocenters. The molecule has 1 rings (SSSR count). The standard InChI is InChI=1S/C14H16N2O4/c1-16(10-13(18)20-2)14(19)12-6-7-15-9-11(12)5-3-4-8-17/h6-7,9,17H,4,8,10H2,1-2H3. The largest absolute Gasteiger partial charge is 0.468 e. The molecule has 0 saturated carbocycles. The van der Waals surface area contributed by atoms with E-state index in [1.807, 2.05) is 0 Å². The quantitative estimate of drug-likeness (QED) is 0.621. The molecular formula is C14H16N2O4. The average molecular weight is 276 g/mol. The first-order valence-corrected chi connectivity index (χ1v) is 5.96. The molecule has 0 atom stereocenters. The number of ether oxygens (including phenoxy) is 1. The van der Waals surface area contributed by atoms with E-state index in [0.717, 1.165) is 0 Å². The van der Waals surface area contributed by atoms with Crippen molar-refractivity contribution in [1.82, 2.24) is 9.88 Å². The molecule has 1 N–H and O–H groups in total. The van der Waals surface area contributed by atoms with Crippen LogP contribution in [0.15, 0.2) is 18.5 Å². The van der Waals surface area contributed by atoms with Crippen LogP contribution in [0.2, 0.25) is 0 Å². The number of carbonyl (C=O) groups excluding carboxylic acids is 2. The first-order valence-electron chi connectivity index (χ1n) is 5.96. The SMILES string of the molecule is COC(=O)CN(C)C(=O)c1ccncc1C#CCCO. The van der Waals surface area contributed by atoms with E-state index in [2.05, 4.69) is 21.6 Å². The molecule has 6 heteroatoms. The van der Waals surface area contributed by atoms with Crippen LogP contribution in [-0.2, 0) is 9.53 Å². The van der Waals surface area contributed by atoms with Crippen molar-refractivity contribution in [3.05, 3.63) is 29.6 Å². The van der Waals surface area contributed by atoms with Crippen LogP contribution in [0.1, 0.15) is 22.3 Å². The number of methoxy groups -OCH3 is 1. The second kappa shape index (κ2) is 7.92. The van der Waals surface area contributed by atoms with Crippen molar-refractivity contribution in [2.24, 2.45) is 0 Å². The molecule has 1 heterocycles. The molecule has 0 aliphatic heterocycles. The first-order chi connectivity index (χ1) is 9.60. The Morgan fingerprint density at radius 3 is 2.90 bits per heavy atom. The maximum Gasteiger partial charge on any atom is 0.325 e. The maximum absolute atomic E-state index is 12.2. The van der Waals surface area contributed by atoms with Crippen LogP contribution in [0.3, 0.4) is 0 Å². The Hall–Kier alpha value is -2.39. The highest BCUT2D eigenvalue weighted by atomic mass is 16.5. The number of carbonyl (C=O) groups is 2. The van der Waals surface area contributed by atoms with Gasteiger partial charge in [0.2, 0.25) is 0 Å². The highest BCUT2D eigenvalue weighted by molar-refractivity contribution is 5.97. The average Bonchev–Trinajstić information content (AvgIpc) is 2.47. The molecule has 0 fully saturated rings. The Morgan fingerprint density at radius 2 is 2.25 bits per heavy atom. The lowest BCUT2D eigenvalue weighted by molar-refractivity contribution is -0.141. The van der Waals surface area contributed by atoms with Gasteiger partial charge in [0.15, 0.2) is 0 Å². The molecule has 0 aliphatic carbocycles. The van der Waals surface area contributed by atoms with Crippen molar-refractivity contribution in [2.75, 3.05) is 27.3 Å². The third-order valence-corrected chi connectivity index (χ3v) is 2.45. The third kappa shape index (κ3) is 4.37. The summed E-state index contributed by atoms with van der Waals surface area (Å²) >= 11 is 0. The van der Waals surface area contributed by atoms with Crippen molar-refractivity contribution in [1.29, 1.82) is 0 Å². The summed E-state index contributed by atoms with van der Waals surface area (Å²) in [5.41, 5.74) is 0.819. The number of esters is 1. The summed E-state index contributed by atoms with van der Waals surface area (Å²) in [4.78, 5) is 28.6. The highest BCUT2D eigenvalue weighted by Gasteiger charge is 2.17. The van der Waals surface area contributed by atoms with E-state index in [1.165, 1.54) is 31.5 Å². The monoisotopic (exact) mass is 276 g/mol. The fourth-order valence-corrected chi connectivity index (χ4v) is 1.43. The molecule has 1 aromatic heterocycles. The van der Waals surface area contributed by atoms with Crippen LogP contribution < -0.4 is 0 Å². The predicted octanol–water partition coefficient (Wildman–Crippen LogP) is 0.0605. The summed E-state index contributed by atoms with van der Waals surface area (Å²) in [7, 11) is 2.77. The number of hydrogen-bond donors (Lipinski definition) is 1. The van der Waals surface area contributed by atoms with Crippen molar-refractivity contribution >= 4 is 11.9 Å². The Labute approximate surface area is 117 Å². The summed E-state index contributed by atoms with van der Waals surface area (Å²) in [5, 5.41) is 8.69. The van der Waals surface area contributed by atoms with Crippen LogP contribution in [0.4, 0.5) is 0 Å². The number of rotatable bonds is 4. The van der Waals surface area contributed by atoms with E-state index < -0.39 is 5.97 Å². The lowest BCUT2D eigenvalue weighted by Crippen LogP contribution is -2.33. The molecule has 0 radical (unpaired) electrons. The number of amides is 1. The van der Waals surface area contributed by atoms with Gasteiger partial charge >= 0.3 is 5.97 Å². The number of aliphatic hydroxyl groups is 1. The second-order valence-corrected chi connectivity index (χ2v) is 3.93. The Balaban J connectivity index is 2.93. The van der Waals surface area contributed by atoms with Gasteiger partial charge in [-0.25, -0.2) is 0 Å². The zero-order chi connectivity index (χ0) is 15.0. The molecule has 0 spiro atoms. The normalized spacial score (nSPS) is 9.35.